The van der Waals surface area contributed by atoms with Crippen molar-refractivity contribution in [2.75, 3.05) is 0 Å². The van der Waals surface area contributed by atoms with Gasteiger partial charge < -0.3 is 9.53 Å². The quantitative estimate of drug-likeness (QED) is 0.525. The number of carbonyl (C=O) groups is 1. The average molecular weight is 190 g/mol. The summed E-state index contributed by atoms with van der Waals surface area (Å²) in [5.74, 6) is 0. The fourth-order valence-corrected chi connectivity index (χ4v) is 1.69. The van der Waals surface area contributed by atoms with E-state index in [1.54, 1.807) is 0 Å². The van der Waals surface area contributed by atoms with E-state index in [1.807, 2.05) is 18.2 Å². The van der Waals surface area contributed by atoms with Crippen LogP contribution >= 0.6 is 0 Å². The Hall–Kier alpha value is -1.15. The Bertz CT molecular complexity index is 294. The van der Waals surface area contributed by atoms with E-state index in [-0.39, 0.29) is 6.10 Å². The predicted molar refractivity (Wildman–Crippen MR) is 54.1 cm³/mol. The Kier molecular flexibility index (Phi) is 2.94. The van der Waals surface area contributed by atoms with Crippen LogP contribution < -0.4 is 0 Å². The highest BCUT2D eigenvalue weighted by molar-refractivity contribution is 5.51. The predicted octanol–water partition coefficient (Wildman–Crippen LogP) is 1.98. The van der Waals surface area contributed by atoms with Gasteiger partial charge in [0.1, 0.15) is 6.29 Å². The summed E-state index contributed by atoms with van der Waals surface area (Å²) in [7, 11) is 0. The molecule has 2 atom stereocenters. The summed E-state index contributed by atoms with van der Waals surface area (Å²) in [5.41, 5.74) is 1.34. The van der Waals surface area contributed by atoms with Crippen LogP contribution in [0, 0.1) is 0 Å². The number of hydrogen-bond donors (Lipinski definition) is 0. The molecule has 1 fully saturated rings. The third-order valence-corrected chi connectivity index (χ3v) is 2.58. The molecular weight excluding hydrogens is 176 g/mol. The molecule has 0 aliphatic carbocycles. The number of aryl methyl sites for hydroxylation is 1. The van der Waals surface area contributed by atoms with Crippen LogP contribution in [0.25, 0.3) is 0 Å². The zero-order valence-corrected chi connectivity index (χ0v) is 8.06. The summed E-state index contributed by atoms with van der Waals surface area (Å²) in [5, 5.41) is 0. The number of epoxide rings is 1. The Morgan fingerprint density at radius 2 is 2.00 bits per heavy atom. The van der Waals surface area contributed by atoms with Gasteiger partial charge >= 0.3 is 0 Å². The second-order valence-corrected chi connectivity index (χ2v) is 3.64. The van der Waals surface area contributed by atoms with Gasteiger partial charge in [0, 0.05) is 6.42 Å². The van der Waals surface area contributed by atoms with Crippen molar-refractivity contribution in [3.05, 3.63) is 35.9 Å². The molecule has 0 saturated carbocycles. The molecule has 2 nitrogen and oxygen atoms in total. The van der Waals surface area contributed by atoms with Gasteiger partial charge in [0.15, 0.2) is 0 Å². The zero-order chi connectivity index (χ0) is 9.80. The molecule has 1 aromatic rings. The van der Waals surface area contributed by atoms with Gasteiger partial charge in [-0.2, -0.15) is 0 Å². The molecule has 2 rings (SSSR count). The van der Waals surface area contributed by atoms with Crippen molar-refractivity contribution < 1.29 is 9.53 Å². The molecule has 0 radical (unpaired) electrons. The van der Waals surface area contributed by atoms with Crippen molar-refractivity contribution in [1.29, 1.82) is 0 Å². The summed E-state index contributed by atoms with van der Waals surface area (Å²) in [6.07, 6.45) is 4.09. The molecule has 0 N–H and O–H groups in total. The number of rotatable bonds is 5. The van der Waals surface area contributed by atoms with E-state index >= 15 is 0 Å². The van der Waals surface area contributed by atoms with Crippen molar-refractivity contribution >= 4 is 6.29 Å². The monoisotopic (exact) mass is 190 g/mol. The summed E-state index contributed by atoms with van der Waals surface area (Å²) in [4.78, 5) is 10.2. The number of benzene rings is 1. The van der Waals surface area contributed by atoms with Crippen molar-refractivity contribution in [1.82, 2.24) is 0 Å². The number of carbonyl (C=O) groups excluding carboxylic acids is 1. The lowest BCUT2D eigenvalue weighted by molar-refractivity contribution is -0.108. The van der Waals surface area contributed by atoms with Gasteiger partial charge in [0.25, 0.3) is 0 Å². The van der Waals surface area contributed by atoms with Crippen LogP contribution in [0.5, 0.6) is 0 Å². The number of ether oxygens (including phenoxy) is 1. The average Bonchev–Trinajstić information content (AvgIpc) is 2.96. The van der Waals surface area contributed by atoms with Crippen LogP contribution in [-0.4, -0.2) is 18.5 Å². The fraction of sp³-hybridized carbons (Fsp3) is 0.417. The van der Waals surface area contributed by atoms with Gasteiger partial charge in [-0.1, -0.05) is 30.3 Å². The van der Waals surface area contributed by atoms with E-state index in [2.05, 4.69) is 12.1 Å². The third-order valence-electron chi connectivity index (χ3n) is 2.58. The molecule has 0 amide bonds. The molecule has 0 unspecified atom stereocenters. The van der Waals surface area contributed by atoms with E-state index in [4.69, 9.17) is 4.74 Å². The maximum atomic E-state index is 10.2. The molecule has 1 aliphatic heterocycles. The van der Waals surface area contributed by atoms with Gasteiger partial charge in [-0.15, -0.1) is 0 Å². The number of aldehydes is 1. The molecule has 2 heteroatoms. The Morgan fingerprint density at radius 3 is 2.71 bits per heavy atom. The van der Waals surface area contributed by atoms with Crippen molar-refractivity contribution in [2.45, 2.75) is 31.5 Å². The molecule has 74 valence electrons. The Labute approximate surface area is 83.9 Å². The molecule has 0 bridgehead atoms. The lowest BCUT2D eigenvalue weighted by Crippen LogP contribution is -1.97. The first-order chi connectivity index (χ1) is 6.90. The van der Waals surface area contributed by atoms with E-state index < -0.39 is 0 Å². The molecule has 14 heavy (non-hydrogen) atoms. The smallest absolute Gasteiger partial charge is 0.122 e. The van der Waals surface area contributed by atoms with Crippen LogP contribution in [-0.2, 0) is 16.0 Å². The van der Waals surface area contributed by atoms with E-state index in [1.165, 1.54) is 5.56 Å². The van der Waals surface area contributed by atoms with E-state index in [9.17, 15) is 4.79 Å². The first-order valence-electron chi connectivity index (χ1n) is 5.03. The maximum Gasteiger partial charge on any atom is 0.122 e. The summed E-state index contributed by atoms with van der Waals surface area (Å²) in [6.45, 7) is 0. The topological polar surface area (TPSA) is 29.6 Å². The highest BCUT2D eigenvalue weighted by Crippen LogP contribution is 2.28. The Morgan fingerprint density at radius 1 is 1.21 bits per heavy atom. The fourth-order valence-electron chi connectivity index (χ4n) is 1.69. The van der Waals surface area contributed by atoms with Crippen LogP contribution in [0.4, 0.5) is 0 Å². The zero-order valence-electron chi connectivity index (χ0n) is 8.06. The molecule has 0 aromatic heterocycles. The molecular formula is C12H14O2. The highest BCUT2D eigenvalue weighted by Gasteiger charge is 2.37. The van der Waals surface area contributed by atoms with Crippen molar-refractivity contribution in [3.8, 4) is 0 Å². The molecule has 0 spiro atoms. The van der Waals surface area contributed by atoms with E-state index in [0.29, 0.717) is 12.5 Å². The van der Waals surface area contributed by atoms with Crippen LogP contribution in [0.15, 0.2) is 30.3 Å². The summed E-state index contributed by atoms with van der Waals surface area (Å²) in [6, 6.07) is 10.4. The van der Waals surface area contributed by atoms with Gasteiger partial charge in [-0.25, -0.2) is 0 Å². The van der Waals surface area contributed by atoms with Crippen molar-refractivity contribution in [3.63, 3.8) is 0 Å². The normalized spacial score (nSPS) is 24.6. The third kappa shape index (κ3) is 2.42. The highest BCUT2D eigenvalue weighted by atomic mass is 16.6. The number of hydrogen-bond acceptors (Lipinski definition) is 2. The minimum absolute atomic E-state index is 0.205. The van der Waals surface area contributed by atoms with Gasteiger partial charge in [0.2, 0.25) is 0 Å². The van der Waals surface area contributed by atoms with Gasteiger partial charge in [0.05, 0.1) is 12.2 Å². The van der Waals surface area contributed by atoms with Gasteiger partial charge in [-0.05, 0) is 18.4 Å². The molecule has 1 heterocycles. The Balaban J connectivity index is 1.72. The second kappa shape index (κ2) is 4.38. The van der Waals surface area contributed by atoms with Crippen LogP contribution in [0.1, 0.15) is 18.4 Å². The standard InChI is InChI=1S/C12H14O2/c13-9-8-12-11(14-12)7-6-10-4-2-1-3-5-10/h1-5,9,11-12H,6-8H2/t11-,12-/m1/s1. The van der Waals surface area contributed by atoms with E-state index in [0.717, 1.165) is 19.1 Å². The van der Waals surface area contributed by atoms with Crippen molar-refractivity contribution in [2.24, 2.45) is 0 Å². The second-order valence-electron chi connectivity index (χ2n) is 3.64. The summed E-state index contributed by atoms with van der Waals surface area (Å²) < 4.78 is 5.35. The SMILES string of the molecule is O=CC[C@H]1O[C@@H]1CCc1ccccc1. The molecule has 1 aliphatic rings. The first-order valence-corrected chi connectivity index (χ1v) is 5.03. The first kappa shape index (κ1) is 9.41. The summed E-state index contributed by atoms with van der Waals surface area (Å²) >= 11 is 0. The van der Waals surface area contributed by atoms with Crippen LogP contribution in [0.2, 0.25) is 0 Å². The minimum atomic E-state index is 0.205. The molecule has 1 aromatic carbocycles. The minimum Gasteiger partial charge on any atom is -0.369 e. The lowest BCUT2D eigenvalue weighted by atomic mass is 10.1. The lowest BCUT2D eigenvalue weighted by Gasteiger charge is -1.97. The van der Waals surface area contributed by atoms with Crippen LogP contribution in [0.3, 0.4) is 0 Å². The maximum absolute atomic E-state index is 10.2. The molecule has 1 saturated heterocycles. The largest absolute Gasteiger partial charge is 0.369 e. The van der Waals surface area contributed by atoms with Gasteiger partial charge in [-0.3, -0.25) is 0 Å².